The van der Waals surface area contributed by atoms with Crippen molar-refractivity contribution >= 4 is 5.69 Å². The fraction of sp³-hybridized carbons (Fsp3) is 0.545. The minimum atomic E-state index is -4.40. The quantitative estimate of drug-likeness (QED) is 0.821. The Hall–Kier alpha value is -1.30. The normalized spacial score (nSPS) is 25.4. The van der Waals surface area contributed by atoms with Crippen LogP contribution >= 0.6 is 0 Å². The van der Waals surface area contributed by atoms with Crippen molar-refractivity contribution < 1.29 is 13.2 Å². The molecule has 2 atom stereocenters. The number of halogens is 3. The Bertz CT molecular complexity index is 395. The van der Waals surface area contributed by atoms with Gasteiger partial charge in [0.1, 0.15) is 5.69 Å². The van der Waals surface area contributed by atoms with Crippen LogP contribution in [0, 0.1) is 5.92 Å². The van der Waals surface area contributed by atoms with Crippen molar-refractivity contribution in [2.24, 2.45) is 11.7 Å². The number of anilines is 1. The van der Waals surface area contributed by atoms with Crippen molar-refractivity contribution in [2.45, 2.75) is 19.1 Å². The van der Waals surface area contributed by atoms with Crippen LogP contribution in [0.3, 0.4) is 0 Å². The highest BCUT2D eigenvalue weighted by Crippen LogP contribution is 2.31. The largest absolute Gasteiger partial charge is 0.433 e. The molecule has 94 valence electrons. The Labute approximate surface area is 97.4 Å². The molecule has 0 aliphatic carbocycles. The van der Waals surface area contributed by atoms with Crippen LogP contribution in [-0.2, 0) is 6.18 Å². The summed E-state index contributed by atoms with van der Waals surface area (Å²) in [6, 6.07) is 2.67. The van der Waals surface area contributed by atoms with Gasteiger partial charge in [-0.1, -0.05) is 6.92 Å². The van der Waals surface area contributed by atoms with Gasteiger partial charge in [-0.3, -0.25) is 4.98 Å². The van der Waals surface area contributed by atoms with Crippen LogP contribution in [0.15, 0.2) is 18.3 Å². The van der Waals surface area contributed by atoms with Crippen LogP contribution in [0.2, 0.25) is 0 Å². The van der Waals surface area contributed by atoms with Gasteiger partial charge in [-0.25, -0.2) is 0 Å². The van der Waals surface area contributed by atoms with Crippen molar-refractivity contribution in [2.75, 3.05) is 18.0 Å². The minimum absolute atomic E-state index is 0.0116. The zero-order valence-corrected chi connectivity index (χ0v) is 9.41. The molecule has 1 fully saturated rings. The Morgan fingerprint density at radius 1 is 1.41 bits per heavy atom. The molecule has 1 aromatic rings. The lowest BCUT2D eigenvalue weighted by molar-refractivity contribution is -0.141. The van der Waals surface area contributed by atoms with E-state index in [4.69, 9.17) is 5.73 Å². The zero-order chi connectivity index (χ0) is 12.6. The molecule has 2 N–H and O–H groups in total. The van der Waals surface area contributed by atoms with E-state index >= 15 is 0 Å². The van der Waals surface area contributed by atoms with Crippen molar-refractivity contribution in [3.05, 3.63) is 24.0 Å². The van der Waals surface area contributed by atoms with Crippen molar-refractivity contribution in [1.82, 2.24) is 4.98 Å². The summed E-state index contributed by atoms with van der Waals surface area (Å²) in [4.78, 5) is 5.20. The molecule has 2 rings (SSSR count). The Kier molecular flexibility index (Phi) is 2.99. The molecule has 3 nitrogen and oxygen atoms in total. The second-order valence-corrected chi connectivity index (χ2v) is 4.44. The van der Waals surface area contributed by atoms with E-state index in [0.717, 1.165) is 6.07 Å². The van der Waals surface area contributed by atoms with Gasteiger partial charge in [0, 0.05) is 31.0 Å². The van der Waals surface area contributed by atoms with Crippen molar-refractivity contribution in [3.63, 3.8) is 0 Å². The van der Waals surface area contributed by atoms with E-state index in [1.807, 2.05) is 11.8 Å². The van der Waals surface area contributed by atoms with Gasteiger partial charge in [0.15, 0.2) is 0 Å². The first-order valence-corrected chi connectivity index (χ1v) is 5.41. The van der Waals surface area contributed by atoms with Gasteiger partial charge in [-0.05, 0) is 18.1 Å². The van der Waals surface area contributed by atoms with Gasteiger partial charge in [-0.15, -0.1) is 0 Å². The molecule has 17 heavy (non-hydrogen) atoms. The molecule has 0 radical (unpaired) electrons. The summed E-state index contributed by atoms with van der Waals surface area (Å²) in [5.74, 6) is 0.289. The first kappa shape index (κ1) is 12.2. The van der Waals surface area contributed by atoms with Crippen LogP contribution in [0.25, 0.3) is 0 Å². The van der Waals surface area contributed by atoms with Crippen molar-refractivity contribution in [3.8, 4) is 0 Å². The molecular weight excluding hydrogens is 231 g/mol. The third-order valence-electron chi connectivity index (χ3n) is 3.07. The van der Waals surface area contributed by atoms with Crippen LogP contribution < -0.4 is 10.6 Å². The van der Waals surface area contributed by atoms with E-state index in [0.29, 0.717) is 18.8 Å². The minimum Gasteiger partial charge on any atom is -0.370 e. The van der Waals surface area contributed by atoms with Gasteiger partial charge in [0.05, 0.1) is 0 Å². The number of hydrogen-bond donors (Lipinski definition) is 1. The molecule has 1 saturated heterocycles. The summed E-state index contributed by atoms with van der Waals surface area (Å²) >= 11 is 0. The molecule has 2 heterocycles. The van der Waals surface area contributed by atoms with Crippen LogP contribution in [-0.4, -0.2) is 24.1 Å². The summed E-state index contributed by atoms with van der Waals surface area (Å²) in [5, 5.41) is 0. The fourth-order valence-corrected chi connectivity index (χ4v) is 1.97. The van der Waals surface area contributed by atoms with Crippen molar-refractivity contribution in [1.29, 1.82) is 0 Å². The fourth-order valence-electron chi connectivity index (χ4n) is 1.97. The molecule has 1 aromatic heterocycles. The maximum absolute atomic E-state index is 12.5. The number of alkyl halides is 3. The summed E-state index contributed by atoms with van der Waals surface area (Å²) in [5.41, 5.74) is 5.53. The van der Waals surface area contributed by atoms with Gasteiger partial charge in [-0.2, -0.15) is 13.2 Å². The Morgan fingerprint density at radius 3 is 2.65 bits per heavy atom. The van der Waals surface area contributed by atoms with Crippen LogP contribution in [0.4, 0.5) is 18.9 Å². The molecule has 0 bridgehead atoms. The third-order valence-corrected chi connectivity index (χ3v) is 3.07. The lowest BCUT2D eigenvalue weighted by Gasteiger charge is -2.19. The molecule has 1 aliphatic rings. The highest BCUT2D eigenvalue weighted by Gasteiger charge is 2.34. The summed E-state index contributed by atoms with van der Waals surface area (Å²) in [6.45, 7) is 3.27. The van der Waals surface area contributed by atoms with Gasteiger partial charge >= 0.3 is 6.18 Å². The molecule has 0 amide bonds. The first-order valence-electron chi connectivity index (χ1n) is 5.41. The molecular formula is C11H14F3N3. The molecule has 0 spiro atoms. The average Bonchev–Trinajstić information content (AvgIpc) is 2.58. The zero-order valence-electron chi connectivity index (χ0n) is 9.41. The molecule has 1 aliphatic heterocycles. The first-order chi connectivity index (χ1) is 7.88. The van der Waals surface area contributed by atoms with E-state index in [9.17, 15) is 13.2 Å². The maximum Gasteiger partial charge on any atom is 0.433 e. The summed E-state index contributed by atoms with van der Waals surface area (Å²) in [6.07, 6.45) is -3.21. The van der Waals surface area contributed by atoms with E-state index in [-0.39, 0.29) is 12.0 Å². The third kappa shape index (κ3) is 2.52. The highest BCUT2D eigenvalue weighted by atomic mass is 19.4. The highest BCUT2D eigenvalue weighted by molar-refractivity contribution is 5.48. The van der Waals surface area contributed by atoms with E-state index in [2.05, 4.69) is 4.98 Å². The second-order valence-electron chi connectivity index (χ2n) is 4.44. The van der Waals surface area contributed by atoms with Crippen LogP contribution in [0.5, 0.6) is 0 Å². The number of aromatic nitrogens is 1. The Balaban J connectivity index is 2.23. The SMILES string of the molecule is CC1CN(c2ccnc(C(F)(F)F)c2)CC1N. The van der Waals surface area contributed by atoms with E-state index in [1.165, 1.54) is 6.20 Å². The maximum atomic E-state index is 12.5. The van der Waals surface area contributed by atoms with E-state index in [1.54, 1.807) is 6.07 Å². The molecule has 2 unspecified atom stereocenters. The number of rotatable bonds is 1. The number of nitrogens with zero attached hydrogens (tertiary/aromatic N) is 2. The lowest BCUT2D eigenvalue weighted by Crippen LogP contribution is -2.28. The smallest absolute Gasteiger partial charge is 0.370 e. The van der Waals surface area contributed by atoms with Gasteiger partial charge in [0.2, 0.25) is 0 Å². The summed E-state index contributed by atoms with van der Waals surface area (Å²) in [7, 11) is 0. The number of hydrogen-bond acceptors (Lipinski definition) is 3. The number of pyridine rings is 1. The molecule has 6 heteroatoms. The Morgan fingerprint density at radius 2 is 2.12 bits per heavy atom. The number of nitrogens with two attached hydrogens (primary N) is 1. The monoisotopic (exact) mass is 245 g/mol. The predicted octanol–water partition coefficient (Wildman–Crippen LogP) is 1.88. The standard InChI is InChI=1S/C11H14F3N3/c1-7-5-17(6-9(7)15)8-2-3-16-10(4-8)11(12,13)14/h2-4,7,9H,5-6,15H2,1H3. The summed E-state index contributed by atoms with van der Waals surface area (Å²) < 4.78 is 37.5. The predicted molar refractivity (Wildman–Crippen MR) is 58.6 cm³/mol. The molecule has 0 saturated carbocycles. The van der Waals surface area contributed by atoms with E-state index < -0.39 is 11.9 Å². The second kappa shape index (κ2) is 4.18. The average molecular weight is 245 g/mol. The topological polar surface area (TPSA) is 42.2 Å². The van der Waals surface area contributed by atoms with Gasteiger partial charge in [0.25, 0.3) is 0 Å². The molecule has 0 aromatic carbocycles. The van der Waals surface area contributed by atoms with Gasteiger partial charge < -0.3 is 10.6 Å². The van der Waals surface area contributed by atoms with Crippen LogP contribution in [0.1, 0.15) is 12.6 Å². The lowest BCUT2D eigenvalue weighted by atomic mass is 10.1.